The second-order valence-electron chi connectivity index (χ2n) is 12.2. The van der Waals surface area contributed by atoms with Crippen LogP contribution in [-0.4, -0.2) is 40.8 Å². The molecule has 0 spiro atoms. The number of halogens is 1. The Morgan fingerprint density at radius 3 is 2.38 bits per heavy atom. The van der Waals surface area contributed by atoms with Crippen LogP contribution >= 0.6 is 0 Å². The van der Waals surface area contributed by atoms with Crippen molar-refractivity contribution in [1.29, 1.82) is 0 Å². The van der Waals surface area contributed by atoms with Gasteiger partial charge in [0.2, 0.25) is 5.91 Å². The second-order valence-corrected chi connectivity index (χ2v) is 17.0. The number of nitrogens with one attached hydrogen (secondary N) is 1. The van der Waals surface area contributed by atoms with Crippen molar-refractivity contribution in [3.8, 4) is 0 Å². The number of amides is 1. The molecule has 0 unspecified atom stereocenters. The van der Waals surface area contributed by atoms with Gasteiger partial charge in [-0.2, -0.15) is 0 Å². The SMILES string of the molecule is CNc1nc(CO[Si](C)(C)C(C)(C)C)nc2c1C(C)(C)C(=O)N2c1cc(F)c2c(c1)nc(C)n2C(C)C. The molecule has 3 aromatic rings. The number of aryl methyl sites for hydroxylation is 1. The molecule has 0 saturated carbocycles. The quantitative estimate of drug-likeness (QED) is 0.376. The van der Waals surface area contributed by atoms with E-state index in [1.807, 2.05) is 39.2 Å². The van der Waals surface area contributed by atoms with Crippen molar-refractivity contribution in [3.63, 3.8) is 0 Å². The highest BCUT2D eigenvalue weighted by Crippen LogP contribution is 2.48. The molecule has 200 valence electrons. The Bertz CT molecular complexity index is 1390. The lowest BCUT2D eigenvalue weighted by atomic mass is 9.87. The van der Waals surface area contributed by atoms with Gasteiger partial charge in [0, 0.05) is 19.2 Å². The smallest absolute Gasteiger partial charge is 0.243 e. The minimum Gasteiger partial charge on any atom is -0.409 e. The third kappa shape index (κ3) is 4.33. The van der Waals surface area contributed by atoms with Crippen LogP contribution in [0.2, 0.25) is 18.1 Å². The Morgan fingerprint density at radius 2 is 1.81 bits per heavy atom. The number of benzene rings is 1. The highest BCUT2D eigenvalue weighted by molar-refractivity contribution is 6.74. The zero-order valence-corrected chi connectivity index (χ0v) is 24.9. The molecular formula is C27H39FN6O2Si. The minimum absolute atomic E-state index is 0.0318. The van der Waals surface area contributed by atoms with Crippen LogP contribution in [0.3, 0.4) is 0 Å². The number of fused-ring (bicyclic) bond motifs is 2. The molecule has 4 rings (SSSR count). The maximum Gasteiger partial charge on any atom is 0.243 e. The van der Waals surface area contributed by atoms with E-state index in [1.165, 1.54) is 11.0 Å². The number of carbonyl (C=O) groups excluding carboxylic acids is 1. The number of nitrogens with zero attached hydrogens (tertiary/aromatic N) is 5. The van der Waals surface area contributed by atoms with Crippen molar-refractivity contribution in [2.45, 2.75) is 91.6 Å². The fraction of sp³-hybridized carbons (Fsp3) is 0.556. The van der Waals surface area contributed by atoms with E-state index in [-0.39, 0.29) is 23.6 Å². The Labute approximate surface area is 219 Å². The van der Waals surface area contributed by atoms with E-state index in [4.69, 9.17) is 14.4 Å². The highest BCUT2D eigenvalue weighted by Gasteiger charge is 2.49. The van der Waals surface area contributed by atoms with Gasteiger partial charge >= 0.3 is 0 Å². The highest BCUT2D eigenvalue weighted by atomic mass is 28.4. The second kappa shape index (κ2) is 8.87. The molecule has 1 amide bonds. The summed E-state index contributed by atoms with van der Waals surface area (Å²) in [6.45, 7) is 20.7. The molecule has 1 aromatic carbocycles. The number of hydrogen-bond donors (Lipinski definition) is 1. The molecule has 1 aliphatic rings. The van der Waals surface area contributed by atoms with Crippen LogP contribution in [0.25, 0.3) is 11.0 Å². The number of anilines is 3. The molecule has 3 heterocycles. The molecule has 10 heteroatoms. The molecule has 0 aliphatic carbocycles. The van der Waals surface area contributed by atoms with Gasteiger partial charge in [-0.3, -0.25) is 9.69 Å². The molecule has 0 atom stereocenters. The van der Waals surface area contributed by atoms with Gasteiger partial charge in [0.05, 0.1) is 28.8 Å². The Hall–Kier alpha value is -2.85. The minimum atomic E-state index is -2.06. The first-order valence-electron chi connectivity index (χ1n) is 12.8. The first kappa shape index (κ1) is 27.2. The predicted molar refractivity (Wildman–Crippen MR) is 149 cm³/mol. The molecule has 0 fully saturated rings. The van der Waals surface area contributed by atoms with Crippen molar-refractivity contribution in [2.24, 2.45) is 0 Å². The summed E-state index contributed by atoms with van der Waals surface area (Å²) in [6, 6.07) is 3.21. The zero-order chi connectivity index (χ0) is 27.7. The normalized spacial score (nSPS) is 15.7. The Morgan fingerprint density at radius 1 is 1.16 bits per heavy atom. The van der Waals surface area contributed by atoms with Gasteiger partial charge < -0.3 is 14.3 Å². The molecule has 8 nitrogen and oxygen atoms in total. The van der Waals surface area contributed by atoms with Crippen molar-refractivity contribution in [2.75, 3.05) is 17.3 Å². The summed E-state index contributed by atoms with van der Waals surface area (Å²) >= 11 is 0. The number of hydrogen-bond acceptors (Lipinski definition) is 6. The summed E-state index contributed by atoms with van der Waals surface area (Å²) < 4.78 is 23.8. The first-order chi connectivity index (χ1) is 17.0. The topological polar surface area (TPSA) is 85.2 Å². The van der Waals surface area contributed by atoms with E-state index in [2.05, 4.69) is 44.2 Å². The van der Waals surface area contributed by atoms with Crippen LogP contribution in [0.5, 0.6) is 0 Å². The van der Waals surface area contributed by atoms with Crippen LogP contribution in [-0.2, 0) is 21.2 Å². The summed E-state index contributed by atoms with van der Waals surface area (Å²) in [5.74, 6) is 1.59. The van der Waals surface area contributed by atoms with Crippen molar-refractivity contribution in [3.05, 3.63) is 35.2 Å². The molecule has 37 heavy (non-hydrogen) atoms. The molecule has 0 bridgehead atoms. The molecular weight excluding hydrogens is 487 g/mol. The van der Waals surface area contributed by atoms with Gasteiger partial charge in [0.25, 0.3) is 0 Å². The van der Waals surface area contributed by atoms with Gasteiger partial charge in [-0.1, -0.05) is 20.8 Å². The zero-order valence-electron chi connectivity index (χ0n) is 23.9. The summed E-state index contributed by atoms with van der Waals surface area (Å²) in [4.78, 5) is 29.4. The fourth-order valence-electron chi connectivity index (χ4n) is 4.71. The largest absolute Gasteiger partial charge is 0.409 e. The summed E-state index contributed by atoms with van der Waals surface area (Å²) in [5.41, 5.74) is 1.10. The summed E-state index contributed by atoms with van der Waals surface area (Å²) in [7, 11) is -0.280. The lowest BCUT2D eigenvalue weighted by Crippen LogP contribution is -2.40. The van der Waals surface area contributed by atoms with E-state index in [1.54, 1.807) is 13.1 Å². The van der Waals surface area contributed by atoms with E-state index in [9.17, 15) is 4.79 Å². The monoisotopic (exact) mass is 526 g/mol. The van der Waals surface area contributed by atoms with Crippen molar-refractivity contribution >= 4 is 42.6 Å². The maximum atomic E-state index is 15.6. The third-order valence-electron chi connectivity index (χ3n) is 7.79. The van der Waals surface area contributed by atoms with Gasteiger partial charge in [-0.15, -0.1) is 0 Å². The van der Waals surface area contributed by atoms with Crippen molar-refractivity contribution < 1.29 is 13.6 Å². The Kier molecular flexibility index (Phi) is 6.52. The van der Waals surface area contributed by atoms with Gasteiger partial charge in [0.15, 0.2) is 20.0 Å². The number of carbonyl (C=O) groups is 1. The number of aromatic nitrogens is 4. The average molecular weight is 527 g/mol. The van der Waals surface area contributed by atoms with Crippen LogP contribution in [0.4, 0.5) is 21.7 Å². The van der Waals surface area contributed by atoms with Crippen LogP contribution in [0.15, 0.2) is 12.1 Å². The summed E-state index contributed by atoms with van der Waals surface area (Å²) in [5, 5.41) is 3.18. The molecule has 0 saturated heterocycles. The lowest BCUT2D eigenvalue weighted by Gasteiger charge is -2.35. The van der Waals surface area contributed by atoms with E-state index < -0.39 is 19.5 Å². The third-order valence-corrected chi connectivity index (χ3v) is 12.3. The number of rotatable bonds is 6. The maximum absolute atomic E-state index is 15.6. The number of imidazole rings is 1. The van der Waals surface area contributed by atoms with Crippen LogP contribution < -0.4 is 10.2 Å². The molecule has 1 N–H and O–H groups in total. The van der Waals surface area contributed by atoms with Gasteiger partial charge in [-0.05, 0) is 58.8 Å². The standard InChI is InChI=1S/C27H39FN6O2Si/c1-15(2)33-16(3)30-19-13-17(12-18(28)22(19)33)34-24-21(27(7,8)25(34)35)23(29-9)31-20(32-24)14-36-37(10,11)26(4,5)6/h12-13,15H,14H2,1-11H3,(H,29,31,32). The average Bonchev–Trinajstić information content (AvgIpc) is 3.22. The molecule has 2 aromatic heterocycles. The van der Waals surface area contributed by atoms with Crippen LogP contribution in [0.1, 0.15) is 71.7 Å². The first-order valence-corrected chi connectivity index (χ1v) is 15.7. The lowest BCUT2D eigenvalue weighted by molar-refractivity contribution is -0.121. The summed E-state index contributed by atoms with van der Waals surface area (Å²) in [6.07, 6.45) is 0. The van der Waals surface area contributed by atoms with Gasteiger partial charge in [0.1, 0.15) is 23.0 Å². The molecule has 0 radical (unpaired) electrons. The molecule has 1 aliphatic heterocycles. The van der Waals surface area contributed by atoms with E-state index in [0.29, 0.717) is 39.7 Å². The van der Waals surface area contributed by atoms with Crippen LogP contribution in [0, 0.1) is 12.7 Å². The predicted octanol–water partition coefficient (Wildman–Crippen LogP) is 6.37. The van der Waals surface area contributed by atoms with E-state index in [0.717, 1.165) is 5.82 Å². The van der Waals surface area contributed by atoms with Crippen molar-refractivity contribution in [1.82, 2.24) is 19.5 Å². The van der Waals surface area contributed by atoms with Gasteiger partial charge in [-0.25, -0.2) is 19.3 Å². The fourth-order valence-corrected chi connectivity index (χ4v) is 5.63. The Balaban J connectivity index is 1.86. The van der Waals surface area contributed by atoms with E-state index >= 15 is 4.39 Å².